The van der Waals surface area contributed by atoms with Crippen molar-refractivity contribution in [3.05, 3.63) is 76.4 Å². The Labute approximate surface area is 177 Å². The van der Waals surface area contributed by atoms with Crippen molar-refractivity contribution in [1.29, 1.82) is 0 Å². The van der Waals surface area contributed by atoms with Crippen LogP contribution in [-0.4, -0.2) is 32.3 Å². The number of anilines is 1. The van der Waals surface area contributed by atoms with E-state index in [0.29, 0.717) is 35.1 Å². The van der Waals surface area contributed by atoms with E-state index < -0.39 is 0 Å². The van der Waals surface area contributed by atoms with Gasteiger partial charge in [-0.1, -0.05) is 19.1 Å². The summed E-state index contributed by atoms with van der Waals surface area (Å²) in [5.74, 6) is 1.24. The third-order valence-corrected chi connectivity index (χ3v) is 4.46. The number of nitrogens with one attached hydrogen (secondary N) is 2. The molecule has 31 heavy (non-hydrogen) atoms. The minimum absolute atomic E-state index is 0.191. The van der Waals surface area contributed by atoms with E-state index in [-0.39, 0.29) is 24.0 Å². The summed E-state index contributed by atoms with van der Waals surface area (Å²) in [5.41, 5.74) is 1.81. The van der Waals surface area contributed by atoms with Gasteiger partial charge in [-0.25, -0.2) is 4.98 Å². The number of ether oxygens (including phenoxy) is 1. The van der Waals surface area contributed by atoms with Crippen LogP contribution in [0.4, 0.5) is 5.82 Å². The van der Waals surface area contributed by atoms with E-state index in [9.17, 15) is 9.59 Å². The van der Waals surface area contributed by atoms with Crippen LogP contribution < -0.4 is 15.6 Å². The topological polar surface area (TPSA) is 115 Å². The van der Waals surface area contributed by atoms with E-state index in [1.165, 1.54) is 17.0 Å². The van der Waals surface area contributed by atoms with Gasteiger partial charge in [-0.2, -0.15) is 9.78 Å². The molecule has 0 fully saturated rings. The van der Waals surface area contributed by atoms with Crippen LogP contribution in [0.25, 0.3) is 17.4 Å². The number of amides is 1. The number of benzene rings is 1. The summed E-state index contributed by atoms with van der Waals surface area (Å²) >= 11 is 0. The molecule has 4 aromatic rings. The fourth-order valence-corrected chi connectivity index (χ4v) is 2.98. The molecule has 3 heterocycles. The molecular weight excluding hydrogens is 398 g/mol. The molecule has 0 spiro atoms. The first kappa shape index (κ1) is 20.1. The summed E-state index contributed by atoms with van der Waals surface area (Å²) in [7, 11) is 0. The molecule has 4 rings (SSSR count). The highest BCUT2D eigenvalue weighted by Gasteiger charge is 2.17. The predicted octanol–water partition coefficient (Wildman–Crippen LogP) is 3.10. The van der Waals surface area contributed by atoms with E-state index in [2.05, 4.69) is 20.4 Å². The molecule has 0 aliphatic heterocycles. The van der Waals surface area contributed by atoms with Crippen LogP contribution in [0.1, 0.15) is 18.2 Å². The molecule has 0 radical (unpaired) electrons. The predicted molar refractivity (Wildman–Crippen MR) is 114 cm³/mol. The Morgan fingerprint density at radius 1 is 1.23 bits per heavy atom. The summed E-state index contributed by atoms with van der Waals surface area (Å²) < 4.78 is 12.3. The number of H-pyrrole nitrogens is 1. The number of carbonyl (C=O) groups excluding carboxylic acids is 1. The average Bonchev–Trinajstić information content (AvgIpc) is 3.42. The van der Waals surface area contributed by atoms with E-state index >= 15 is 0 Å². The zero-order chi connectivity index (χ0) is 21.8. The van der Waals surface area contributed by atoms with E-state index in [4.69, 9.17) is 9.15 Å². The van der Waals surface area contributed by atoms with Crippen LogP contribution >= 0.6 is 0 Å². The van der Waals surface area contributed by atoms with Crippen molar-refractivity contribution in [3.63, 3.8) is 0 Å². The monoisotopic (exact) mass is 419 g/mol. The summed E-state index contributed by atoms with van der Waals surface area (Å²) in [5, 5.41) is 7.22. The Balaban J connectivity index is 1.62. The maximum atomic E-state index is 12.5. The number of hydrogen-bond donors (Lipinski definition) is 2. The fraction of sp³-hybridized carbons (Fsp3) is 0.182. The number of aromatic amines is 1. The molecule has 0 saturated heterocycles. The summed E-state index contributed by atoms with van der Waals surface area (Å²) in [6.07, 6.45) is 2.11. The van der Waals surface area contributed by atoms with Crippen molar-refractivity contribution in [2.45, 2.75) is 20.3 Å². The average molecular weight is 419 g/mol. The standard InChI is InChI=1S/C22H21N5O4/c1-3-15-11-20(28)25-22(23-15)27-19(12-17(26-27)18-8-5-9-30-18)24-21(29)13-31-16-7-4-6-14(2)10-16/h4-12H,3,13H2,1-2H3,(H,24,29)(H,23,25,28). The third-order valence-electron chi connectivity index (χ3n) is 4.46. The van der Waals surface area contributed by atoms with Gasteiger partial charge in [-0.05, 0) is 43.2 Å². The largest absolute Gasteiger partial charge is 0.484 e. The smallest absolute Gasteiger partial charge is 0.263 e. The lowest BCUT2D eigenvalue weighted by atomic mass is 10.2. The number of carbonyl (C=O) groups is 1. The molecule has 1 aromatic carbocycles. The van der Waals surface area contributed by atoms with Crippen LogP contribution in [0.5, 0.6) is 5.75 Å². The molecule has 9 nitrogen and oxygen atoms in total. The van der Waals surface area contributed by atoms with E-state index in [0.717, 1.165) is 5.56 Å². The number of rotatable bonds is 7. The Morgan fingerprint density at radius 3 is 2.84 bits per heavy atom. The zero-order valence-corrected chi connectivity index (χ0v) is 17.1. The summed E-state index contributed by atoms with van der Waals surface area (Å²) in [4.78, 5) is 31.7. The van der Waals surface area contributed by atoms with Gasteiger partial charge >= 0.3 is 0 Å². The van der Waals surface area contributed by atoms with Gasteiger partial charge in [-0.3, -0.25) is 14.6 Å². The molecule has 0 saturated carbocycles. The second-order valence-corrected chi connectivity index (χ2v) is 6.87. The normalized spacial score (nSPS) is 10.8. The molecule has 1 amide bonds. The zero-order valence-electron chi connectivity index (χ0n) is 17.1. The van der Waals surface area contributed by atoms with Crippen LogP contribution in [0.3, 0.4) is 0 Å². The molecule has 0 aliphatic carbocycles. The van der Waals surface area contributed by atoms with Crippen molar-refractivity contribution in [2.75, 3.05) is 11.9 Å². The molecule has 0 atom stereocenters. The van der Waals surface area contributed by atoms with E-state index in [1.807, 2.05) is 32.0 Å². The van der Waals surface area contributed by atoms with Gasteiger partial charge in [0.15, 0.2) is 12.4 Å². The lowest BCUT2D eigenvalue weighted by Gasteiger charge is -2.10. The van der Waals surface area contributed by atoms with Crippen molar-refractivity contribution in [3.8, 4) is 23.2 Å². The Morgan fingerprint density at radius 2 is 2.10 bits per heavy atom. The minimum Gasteiger partial charge on any atom is -0.484 e. The maximum absolute atomic E-state index is 12.5. The fourth-order valence-electron chi connectivity index (χ4n) is 2.98. The first-order valence-corrected chi connectivity index (χ1v) is 9.75. The third kappa shape index (κ3) is 4.72. The Bertz CT molecular complexity index is 1260. The van der Waals surface area contributed by atoms with Gasteiger partial charge in [0.1, 0.15) is 17.3 Å². The van der Waals surface area contributed by atoms with E-state index in [1.54, 1.807) is 24.3 Å². The number of nitrogens with zero attached hydrogens (tertiary/aromatic N) is 3. The van der Waals surface area contributed by atoms with Gasteiger partial charge in [0.25, 0.3) is 11.5 Å². The lowest BCUT2D eigenvalue weighted by molar-refractivity contribution is -0.118. The molecule has 0 bridgehead atoms. The highest BCUT2D eigenvalue weighted by Crippen LogP contribution is 2.24. The number of aryl methyl sites for hydroxylation is 2. The minimum atomic E-state index is -0.386. The molecule has 2 N–H and O–H groups in total. The Hall–Kier alpha value is -4.14. The number of furan rings is 1. The summed E-state index contributed by atoms with van der Waals surface area (Å²) in [6.45, 7) is 3.65. The molecule has 158 valence electrons. The van der Waals surface area contributed by atoms with Gasteiger partial charge in [-0.15, -0.1) is 0 Å². The quantitative estimate of drug-likeness (QED) is 0.476. The molecule has 3 aromatic heterocycles. The SMILES string of the molecule is CCc1cc(=O)[nH]c(-n2nc(-c3ccco3)cc2NC(=O)COc2cccc(C)c2)n1. The van der Waals surface area contributed by atoms with Crippen molar-refractivity contribution in [2.24, 2.45) is 0 Å². The molecule has 0 aliphatic rings. The number of hydrogen-bond acceptors (Lipinski definition) is 6. The Kier molecular flexibility index (Phi) is 5.65. The first-order valence-electron chi connectivity index (χ1n) is 9.75. The maximum Gasteiger partial charge on any atom is 0.263 e. The molecular formula is C22H21N5O4. The highest BCUT2D eigenvalue weighted by atomic mass is 16.5. The van der Waals surface area contributed by atoms with Gasteiger partial charge in [0.2, 0.25) is 5.95 Å². The lowest BCUT2D eigenvalue weighted by Crippen LogP contribution is -2.23. The van der Waals surface area contributed by atoms with Gasteiger partial charge in [0.05, 0.1) is 6.26 Å². The highest BCUT2D eigenvalue weighted by molar-refractivity contribution is 5.91. The molecule has 9 heteroatoms. The van der Waals surface area contributed by atoms with Crippen LogP contribution in [0.15, 0.2) is 64.0 Å². The van der Waals surface area contributed by atoms with Gasteiger partial charge in [0, 0.05) is 17.8 Å². The van der Waals surface area contributed by atoms with Crippen LogP contribution in [-0.2, 0) is 11.2 Å². The van der Waals surface area contributed by atoms with Crippen molar-refractivity contribution < 1.29 is 13.9 Å². The number of aromatic nitrogens is 4. The van der Waals surface area contributed by atoms with Gasteiger partial charge < -0.3 is 14.5 Å². The van der Waals surface area contributed by atoms with Crippen molar-refractivity contribution >= 4 is 11.7 Å². The van der Waals surface area contributed by atoms with Crippen LogP contribution in [0, 0.1) is 6.92 Å². The second kappa shape index (κ2) is 8.70. The first-order chi connectivity index (χ1) is 15.0. The van der Waals surface area contributed by atoms with Crippen LogP contribution in [0.2, 0.25) is 0 Å². The van der Waals surface area contributed by atoms with Crippen molar-refractivity contribution in [1.82, 2.24) is 19.7 Å². The molecule has 0 unspecified atom stereocenters. The second-order valence-electron chi connectivity index (χ2n) is 6.87. The summed E-state index contributed by atoms with van der Waals surface area (Å²) in [6, 6.07) is 14.0.